The van der Waals surface area contributed by atoms with Gasteiger partial charge in [0.1, 0.15) is 12.4 Å². The summed E-state index contributed by atoms with van der Waals surface area (Å²) >= 11 is 0. The Morgan fingerprint density at radius 3 is 2.40 bits per heavy atom. The van der Waals surface area contributed by atoms with Crippen LogP contribution in [0.1, 0.15) is 25.3 Å². The van der Waals surface area contributed by atoms with Crippen LogP contribution >= 0.6 is 0 Å². The fraction of sp³-hybridized carbons (Fsp3) is 0.562. The first-order valence-corrected chi connectivity index (χ1v) is 7.05. The van der Waals surface area contributed by atoms with Crippen molar-refractivity contribution in [3.63, 3.8) is 0 Å². The molecule has 0 bridgehead atoms. The van der Waals surface area contributed by atoms with Gasteiger partial charge in [-0.3, -0.25) is 0 Å². The highest BCUT2D eigenvalue weighted by Crippen LogP contribution is 2.13. The molecule has 0 heterocycles. The second-order valence-electron chi connectivity index (χ2n) is 4.79. The van der Waals surface area contributed by atoms with Crippen LogP contribution in [0.4, 0.5) is 0 Å². The van der Waals surface area contributed by atoms with Gasteiger partial charge in [0.2, 0.25) is 0 Å². The van der Waals surface area contributed by atoms with E-state index in [1.54, 1.807) is 14.2 Å². The highest BCUT2D eigenvalue weighted by Gasteiger charge is 2.28. The van der Waals surface area contributed by atoms with E-state index in [9.17, 15) is 4.79 Å². The van der Waals surface area contributed by atoms with E-state index in [0.717, 1.165) is 24.7 Å². The second-order valence-corrected chi connectivity index (χ2v) is 4.79. The van der Waals surface area contributed by atoms with Crippen molar-refractivity contribution in [3.8, 4) is 0 Å². The van der Waals surface area contributed by atoms with Crippen molar-refractivity contribution >= 4 is 6.29 Å². The highest BCUT2D eigenvalue weighted by atomic mass is 16.5. The molecule has 3 atom stereocenters. The average molecular weight is 279 g/mol. The maximum Gasteiger partial charge on any atom is 0.139 e. The van der Waals surface area contributed by atoms with E-state index in [2.05, 4.69) is 12.2 Å². The van der Waals surface area contributed by atoms with Crippen molar-refractivity contribution in [2.24, 2.45) is 0 Å². The Bertz CT molecular complexity index is 369. The lowest BCUT2D eigenvalue weighted by Gasteiger charge is -2.29. The van der Waals surface area contributed by atoms with E-state index in [-0.39, 0.29) is 18.2 Å². The molecule has 0 radical (unpaired) electrons. The highest BCUT2D eigenvalue weighted by molar-refractivity contribution is 5.59. The van der Waals surface area contributed by atoms with Gasteiger partial charge >= 0.3 is 0 Å². The summed E-state index contributed by atoms with van der Waals surface area (Å²) in [6, 6.07) is 9.61. The van der Waals surface area contributed by atoms with E-state index >= 15 is 0 Å². The Morgan fingerprint density at radius 1 is 1.20 bits per heavy atom. The fourth-order valence-corrected chi connectivity index (χ4v) is 2.30. The molecule has 1 rings (SSSR count). The molecular formula is C16H25NO3. The molecule has 0 aliphatic heterocycles. The van der Waals surface area contributed by atoms with E-state index < -0.39 is 0 Å². The van der Waals surface area contributed by atoms with E-state index in [1.165, 1.54) is 0 Å². The molecule has 0 saturated carbocycles. The molecule has 4 nitrogen and oxygen atoms in total. The number of methoxy groups -OCH3 is 2. The average Bonchev–Trinajstić information content (AvgIpc) is 2.50. The smallest absolute Gasteiger partial charge is 0.139 e. The van der Waals surface area contributed by atoms with Gasteiger partial charge in [0.05, 0.1) is 12.1 Å². The van der Waals surface area contributed by atoms with Crippen molar-refractivity contribution in [2.45, 2.75) is 44.6 Å². The summed E-state index contributed by atoms with van der Waals surface area (Å²) in [7, 11) is 3.28. The standard InChI is InChI=1S/C16H25NO3/c1-4-8-15(19-2)16(20-3)14(12-18)17-11-13-9-6-5-7-10-13/h5-7,9-10,12,14-17H,4,8,11H2,1-3H3. The minimum atomic E-state index is -0.378. The van der Waals surface area contributed by atoms with Crippen molar-refractivity contribution in [2.75, 3.05) is 14.2 Å². The monoisotopic (exact) mass is 279 g/mol. The molecule has 0 amide bonds. The summed E-state index contributed by atoms with van der Waals surface area (Å²) in [5.41, 5.74) is 1.14. The third-order valence-electron chi connectivity index (χ3n) is 3.40. The van der Waals surface area contributed by atoms with Gasteiger partial charge in [-0.15, -0.1) is 0 Å². The number of hydrogen-bond acceptors (Lipinski definition) is 4. The van der Waals surface area contributed by atoms with Crippen LogP contribution in [-0.2, 0) is 20.8 Å². The topological polar surface area (TPSA) is 47.6 Å². The lowest BCUT2D eigenvalue weighted by Crippen LogP contribution is -2.48. The molecule has 0 aromatic heterocycles. The Kier molecular flexibility index (Phi) is 8.11. The van der Waals surface area contributed by atoms with E-state index in [0.29, 0.717) is 6.54 Å². The second kappa shape index (κ2) is 9.64. The summed E-state index contributed by atoms with van der Waals surface area (Å²) in [6.45, 7) is 2.72. The maximum atomic E-state index is 11.4. The first-order chi connectivity index (χ1) is 9.76. The van der Waals surface area contributed by atoms with Crippen LogP contribution in [0.5, 0.6) is 0 Å². The van der Waals surface area contributed by atoms with Crippen LogP contribution in [0, 0.1) is 0 Å². The molecule has 3 unspecified atom stereocenters. The molecule has 1 aromatic rings. The molecule has 20 heavy (non-hydrogen) atoms. The van der Waals surface area contributed by atoms with Crippen molar-refractivity contribution in [1.29, 1.82) is 0 Å². The summed E-state index contributed by atoms with van der Waals surface area (Å²) in [5, 5.41) is 3.24. The number of carbonyl (C=O) groups is 1. The van der Waals surface area contributed by atoms with E-state index in [1.807, 2.05) is 30.3 Å². The predicted octanol–water partition coefficient (Wildman–Crippen LogP) is 2.17. The van der Waals surface area contributed by atoms with Crippen molar-refractivity contribution < 1.29 is 14.3 Å². The van der Waals surface area contributed by atoms with Gasteiger partial charge in [-0.05, 0) is 12.0 Å². The van der Waals surface area contributed by atoms with Gasteiger partial charge in [-0.2, -0.15) is 0 Å². The molecule has 0 aliphatic carbocycles. The van der Waals surface area contributed by atoms with Crippen LogP contribution in [0.3, 0.4) is 0 Å². The lowest BCUT2D eigenvalue weighted by atomic mass is 10.0. The Hall–Kier alpha value is -1.23. The number of hydrogen-bond donors (Lipinski definition) is 1. The minimum Gasteiger partial charge on any atom is -0.379 e. The summed E-state index contributed by atoms with van der Waals surface area (Å²) in [6.07, 6.45) is 2.40. The summed E-state index contributed by atoms with van der Waals surface area (Å²) in [4.78, 5) is 11.4. The van der Waals surface area contributed by atoms with Gasteiger partial charge in [-0.1, -0.05) is 43.7 Å². The van der Waals surface area contributed by atoms with Crippen LogP contribution in [-0.4, -0.2) is 38.8 Å². The summed E-state index contributed by atoms with van der Waals surface area (Å²) in [5.74, 6) is 0. The lowest BCUT2D eigenvalue weighted by molar-refractivity contribution is -0.117. The quantitative estimate of drug-likeness (QED) is 0.667. The zero-order valence-electron chi connectivity index (χ0n) is 12.5. The fourth-order valence-electron chi connectivity index (χ4n) is 2.30. The normalized spacial score (nSPS) is 15.6. The van der Waals surface area contributed by atoms with Gasteiger partial charge < -0.3 is 19.6 Å². The SMILES string of the molecule is CCCC(OC)C(OC)C(C=O)NCc1ccccc1. The molecule has 0 saturated heterocycles. The number of carbonyl (C=O) groups excluding carboxylic acids is 1. The van der Waals surface area contributed by atoms with Gasteiger partial charge in [0.15, 0.2) is 0 Å². The Balaban J connectivity index is 2.64. The zero-order valence-corrected chi connectivity index (χ0v) is 12.5. The van der Waals surface area contributed by atoms with Crippen molar-refractivity contribution in [1.82, 2.24) is 5.32 Å². The van der Waals surface area contributed by atoms with Gasteiger partial charge in [0.25, 0.3) is 0 Å². The number of rotatable bonds is 10. The zero-order chi connectivity index (χ0) is 14.8. The third kappa shape index (κ3) is 5.04. The van der Waals surface area contributed by atoms with Gasteiger partial charge in [0, 0.05) is 20.8 Å². The first-order valence-electron chi connectivity index (χ1n) is 7.05. The van der Waals surface area contributed by atoms with Crippen molar-refractivity contribution in [3.05, 3.63) is 35.9 Å². The Morgan fingerprint density at radius 2 is 1.90 bits per heavy atom. The van der Waals surface area contributed by atoms with E-state index in [4.69, 9.17) is 9.47 Å². The minimum absolute atomic E-state index is 0.0801. The van der Waals surface area contributed by atoms with Crippen LogP contribution in [0.25, 0.3) is 0 Å². The first kappa shape index (κ1) is 16.8. The predicted molar refractivity (Wildman–Crippen MR) is 79.6 cm³/mol. The molecule has 0 spiro atoms. The largest absolute Gasteiger partial charge is 0.379 e. The molecule has 1 aromatic carbocycles. The molecule has 1 N–H and O–H groups in total. The summed E-state index contributed by atoms with van der Waals surface area (Å²) < 4.78 is 10.9. The van der Waals surface area contributed by atoms with Crippen LogP contribution < -0.4 is 5.32 Å². The molecule has 0 aliphatic rings. The Labute approximate surface area is 121 Å². The molecule has 4 heteroatoms. The number of ether oxygens (including phenoxy) is 2. The maximum absolute atomic E-state index is 11.4. The van der Waals surface area contributed by atoms with Crippen LogP contribution in [0.15, 0.2) is 30.3 Å². The number of benzene rings is 1. The molecular weight excluding hydrogens is 254 g/mol. The van der Waals surface area contributed by atoms with Gasteiger partial charge in [-0.25, -0.2) is 0 Å². The number of aldehydes is 1. The number of nitrogens with one attached hydrogen (secondary N) is 1. The molecule has 0 fully saturated rings. The third-order valence-corrected chi connectivity index (χ3v) is 3.40. The van der Waals surface area contributed by atoms with Crippen LogP contribution in [0.2, 0.25) is 0 Å². The molecule has 112 valence electrons.